The summed E-state index contributed by atoms with van der Waals surface area (Å²) in [4.78, 5) is 33.2. The highest BCUT2D eigenvalue weighted by Gasteiger charge is 2.33. The molecule has 0 aliphatic heterocycles. The zero-order valence-electron chi connectivity index (χ0n) is 13.0. The van der Waals surface area contributed by atoms with Gasteiger partial charge in [-0.1, -0.05) is 11.8 Å². The largest absolute Gasteiger partial charge is 0.492 e. The molecule has 0 unspecified atom stereocenters. The van der Waals surface area contributed by atoms with Gasteiger partial charge in [-0.25, -0.2) is 9.97 Å². The third-order valence-electron chi connectivity index (χ3n) is 3.87. The van der Waals surface area contributed by atoms with Gasteiger partial charge in [0.05, 0.1) is 12.7 Å². The molecule has 0 atom stereocenters. The molecule has 2 aromatic heterocycles. The third kappa shape index (κ3) is 2.57. The molecular weight excluding hydrogens is 314 g/mol. The second-order valence-electron chi connectivity index (χ2n) is 5.07. The van der Waals surface area contributed by atoms with Crippen molar-refractivity contribution in [2.24, 2.45) is 7.05 Å². The van der Waals surface area contributed by atoms with E-state index in [0.29, 0.717) is 22.2 Å². The van der Waals surface area contributed by atoms with Gasteiger partial charge in [0.25, 0.3) is 0 Å². The van der Waals surface area contributed by atoms with Crippen LogP contribution in [0.4, 0.5) is 0 Å². The number of nitrogens with zero attached hydrogens (tertiary/aromatic N) is 3. The number of thioether (sulfide) groups is 1. The van der Waals surface area contributed by atoms with Crippen molar-refractivity contribution < 1.29 is 14.3 Å². The first-order valence-corrected chi connectivity index (χ1v) is 7.95. The van der Waals surface area contributed by atoms with Crippen LogP contribution in [-0.2, 0) is 17.5 Å². The summed E-state index contributed by atoms with van der Waals surface area (Å²) in [6.07, 6.45) is 4.59. The van der Waals surface area contributed by atoms with E-state index < -0.39 is 0 Å². The summed E-state index contributed by atoms with van der Waals surface area (Å²) in [5.41, 5.74) is 2.54. The third-order valence-corrected chi connectivity index (χ3v) is 4.77. The van der Waals surface area contributed by atoms with Crippen LogP contribution >= 0.6 is 11.8 Å². The molecular formula is C16H15N3O3S. The van der Waals surface area contributed by atoms with Crippen LogP contribution in [0.3, 0.4) is 0 Å². The van der Waals surface area contributed by atoms with Crippen LogP contribution in [0.5, 0.6) is 0 Å². The van der Waals surface area contributed by atoms with Gasteiger partial charge in [0.2, 0.25) is 11.6 Å². The summed E-state index contributed by atoms with van der Waals surface area (Å²) in [6, 6.07) is 1.75. The first-order chi connectivity index (χ1) is 11.0. The van der Waals surface area contributed by atoms with Crippen LogP contribution < -0.4 is 0 Å². The van der Waals surface area contributed by atoms with Crippen molar-refractivity contribution in [3.63, 3.8) is 0 Å². The van der Waals surface area contributed by atoms with E-state index in [-0.39, 0.29) is 17.3 Å². The van der Waals surface area contributed by atoms with E-state index in [9.17, 15) is 9.59 Å². The number of hydrogen-bond acceptors (Lipinski definition) is 6. The van der Waals surface area contributed by atoms with E-state index in [2.05, 4.69) is 9.97 Å². The Labute approximate surface area is 137 Å². The zero-order chi connectivity index (χ0) is 16.6. The molecule has 118 valence electrons. The molecule has 0 bridgehead atoms. The maximum Gasteiger partial charge on any atom is 0.230 e. The average Bonchev–Trinajstić information content (AvgIpc) is 2.82. The summed E-state index contributed by atoms with van der Waals surface area (Å²) in [5.74, 6) is 0.120. The van der Waals surface area contributed by atoms with E-state index in [1.54, 1.807) is 30.1 Å². The van der Waals surface area contributed by atoms with Gasteiger partial charge in [-0.3, -0.25) is 9.59 Å². The number of allylic oxidation sites excluding steroid dienone is 2. The zero-order valence-corrected chi connectivity index (χ0v) is 13.8. The Kier molecular flexibility index (Phi) is 4.04. The van der Waals surface area contributed by atoms with Gasteiger partial charge in [-0.15, -0.1) is 0 Å². The number of ketones is 2. The van der Waals surface area contributed by atoms with Gasteiger partial charge in [0.15, 0.2) is 10.9 Å². The SMILES string of the molecule is COC1=CC(=O)c2c(c(CSc3ncccn3)c(C)n2C)C1=O. The fourth-order valence-electron chi connectivity index (χ4n) is 2.60. The molecule has 0 radical (unpaired) electrons. The van der Waals surface area contributed by atoms with E-state index in [0.717, 1.165) is 11.3 Å². The fourth-order valence-corrected chi connectivity index (χ4v) is 3.49. The van der Waals surface area contributed by atoms with Gasteiger partial charge in [0.1, 0.15) is 5.69 Å². The Morgan fingerprint density at radius 3 is 2.61 bits per heavy atom. The lowest BCUT2D eigenvalue weighted by Crippen LogP contribution is -2.19. The van der Waals surface area contributed by atoms with Crippen LogP contribution in [0.1, 0.15) is 32.1 Å². The maximum atomic E-state index is 12.6. The molecule has 0 aromatic carbocycles. The van der Waals surface area contributed by atoms with E-state index in [1.807, 2.05) is 6.92 Å². The average molecular weight is 329 g/mol. The number of methoxy groups -OCH3 is 1. The molecule has 0 saturated carbocycles. The molecule has 6 nitrogen and oxygen atoms in total. The van der Waals surface area contributed by atoms with E-state index in [4.69, 9.17) is 4.74 Å². The van der Waals surface area contributed by atoms with Crippen LogP contribution in [0.25, 0.3) is 0 Å². The first kappa shape index (κ1) is 15.5. The normalized spacial score (nSPS) is 13.8. The number of fused-ring (bicyclic) bond motifs is 1. The maximum absolute atomic E-state index is 12.6. The monoisotopic (exact) mass is 329 g/mol. The van der Waals surface area contributed by atoms with Gasteiger partial charge in [-0.05, 0) is 18.6 Å². The van der Waals surface area contributed by atoms with E-state index in [1.165, 1.54) is 24.9 Å². The summed E-state index contributed by atoms with van der Waals surface area (Å²) < 4.78 is 6.81. The molecule has 0 amide bonds. The summed E-state index contributed by atoms with van der Waals surface area (Å²) in [7, 11) is 3.18. The topological polar surface area (TPSA) is 74.1 Å². The van der Waals surface area contributed by atoms with Crippen molar-refractivity contribution in [2.75, 3.05) is 7.11 Å². The summed E-state index contributed by atoms with van der Waals surface area (Å²) in [5, 5.41) is 0.626. The molecule has 0 fully saturated rings. The minimum absolute atomic E-state index is 0.0790. The Morgan fingerprint density at radius 2 is 1.96 bits per heavy atom. The van der Waals surface area contributed by atoms with Crippen LogP contribution in [0, 0.1) is 6.92 Å². The molecule has 1 aliphatic rings. The Balaban J connectivity index is 2.02. The highest BCUT2D eigenvalue weighted by atomic mass is 32.2. The number of hydrogen-bond donors (Lipinski definition) is 0. The molecule has 0 N–H and O–H groups in total. The molecule has 0 spiro atoms. The van der Waals surface area contributed by atoms with Gasteiger partial charge in [-0.2, -0.15) is 0 Å². The minimum atomic E-state index is -0.254. The van der Waals surface area contributed by atoms with Crippen LogP contribution in [-0.4, -0.2) is 33.2 Å². The highest BCUT2D eigenvalue weighted by Crippen LogP contribution is 2.32. The molecule has 7 heteroatoms. The first-order valence-electron chi connectivity index (χ1n) is 6.97. The lowest BCUT2D eigenvalue weighted by molar-refractivity contribution is 0.0913. The highest BCUT2D eigenvalue weighted by molar-refractivity contribution is 7.98. The molecule has 3 rings (SSSR count). The predicted molar refractivity (Wildman–Crippen MR) is 85.5 cm³/mol. The second-order valence-corrected chi connectivity index (χ2v) is 6.02. The van der Waals surface area contributed by atoms with Gasteiger partial charge < -0.3 is 9.30 Å². The van der Waals surface area contributed by atoms with Gasteiger partial charge in [0, 0.05) is 37.0 Å². The predicted octanol–water partition coefficient (Wildman–Crippen LogP) is 2.33. The lowest BCUT2D eigenvalue weighted by atomic mass is 9.97. The smallest absolute Gasteiger partial charge is 0.230 e. The number of carbonyl (C=O) groups is 2. The number of carbonyl (C=O) groups excluding carboxylic acids is 2. The van der Waals surface area contributed by atoms with E-state index >= 15 is 0 Å². The van der Waals surface area contributed by atoms with Gasteiger partial charge >= 0.3 is 0 Å². The van der Waals surface area contributed by atoms with Crippen molar-refractivity contribution in [1.29, 1.82) is 0 Å². The lowest BCUT2D eigenvalue weighted by Gasteiger charge is -2.13. The van der Waals surface area contributed by atoms with Crippen molar-refractivity contribution in [3.8, 4) is 0 Å². The minimum Gasteiger partial charge on any atom is -0.492 e. The standard InChI is InChI=1S/C16H15N3O3S/c1-9-10(8-23-16-17-5-4-6-18-16)13-14(19(9)2)11(20)7-12(22-3)15(13)21/h4-7H,8H2,1-3H3. The molecule has 23 heavy (non-hydrogen) atoms. The number of rotatable bonds is 4. The summed E-state index contributed by atoms with van der Waals surface area (Å²) >= 11 is 1.43. The number of Topliss-reactive ketones (excluding diaryl/α,β-unsaturated/α-hetero) is 1. The van der Waals surface area contributed by atoms with Crippen LogP contribution in [0.2, 0.25) is 0 Å². The van der Waals surface area contributed by atoms with Crippen LogP contribution in [0.15, 0.2) is 35.5 Å². The molecule has 2 heterocycles. The second kappa shape index (κ2) is 6.00. The fraction of sp³-hybridized carbons (Fsp3) is 0.250. The Bertz CT molecular complexity index is 825. The molecule has 0 saturated heterocycles. The van der Waals surface area contributed by atoms with Crippen molar-refractivity contribution in [3.05, 3.63) is 52.8 Å². The van der Waals surface area contributed by atoms with Crippen molar-refractivity contribution >= 4 is 23.3 Å². The molecule has 2 aromatic rings. The van der Waals surface area contributed by atoms with Crippen molar-refractivity contribution in [1.82, 2.24) is 14.5 Å². The van der Waals surface area contributed by atoms with Crippen molar-refractivity contribution in [2.45, 2.75) is 17.8 Å². The Morgan fingerprint density at radius 1 is 1.26 bits per heavy atom. The molecule has 1 aliphatic carbocycles. The number of ether oxygens (including phenoxy) is 1. The summed E-state index contributed by atoms with van der Waals surface area (Å²) in [6.45, 7) is 1.90. The number of aromatic nitrogens is 3. The Hall–Kier alpha value is -2.41. The quantitative estimate of drug-likeness (QED) is 0.633.